The lowest BCUT2D eigenvalue weighted by atomic mass is 10.1. The van der Waals surface area contributed by atoms with Crippen LogP contribution in [0, 0.1) is 12.3 Å². The second-order valence-electron chi connectivity index (χ2n) is 2.98. The van der Waals surface area contributed by atoms with Crippen LogP contribution in [0.1, 0.15) is 5.56 Å². The lowest BCUT2D eigenvalue weighted by molar-refractivity contribution is 0.170. The maximum absolute atomic E-state index is 5.47. The maximum atomic E-state index is 5.47. The van der Waals surface area contributed by atoms with Gasteiger partial charge >= 0.3 is 0 Å². The number of terminal acetylenes is 1. The molecule has 3 heteroatoms. The average molecular weight is 253 g/mol. The molecule has 2 nitrogen and oxygen atoms in total. The summed E-state index contributed by atoms with van der Waals surface area (Å²) >= 11 is 3.43. The second-order valence-corrected chi connectivity index (χ2v) is 3.84. The highest BCUT2D eigenvalue weighted by Gasteiger charge is 2.15. The zero-order valence-electron chi connectivity index (χ0n) is 7.55. The zero-order valence-corrected chi connectivity index (χ0v) is 9.13. The first-order valence-electron chi connectivity index (χ1n) is 4.33. The van der Waals surface area contributed by atoms with E-state index in [4.69, 9.17) is 15.9 Å². The van der Waals surface area contributed by atoms with E-state index in [1.54, 1.807) is 0 Å². The fourth-order valence-corrected chi connectivity index (χ4v) is 1.99. The van der Waals surface area contributed by atoms with E-state index in [1.165, 1.54) is 0 Å². The molecular weight excluding hydrogens is 244 g/mol. The molecule has 0 spiro atoms. The fraction of sp³-hybridized carbons (Fsp3) is 0.273. The van der Waals surface area contributed by atoms with E-state index in [1.807, 2.05) is 12.1 Å². The maximum Gasteiger partial charge on any atom is 0.175 e. The van der Waals surface area contributed by atoms with E-state index in [0.717, 1.165) is 21.5 Å². The van der Waals surface area contributed by atoms with Gasteiger partial charge in [0, 0.05) is 6.42 Å². The van der Waals surface area contributed by atoms with Crippen molar-refractivity contribution in [2.45, 2.75) is 6.42 Å². The van der Waals surface area contributed by atoms with Gasteiger partial charge in [-0.15, -0.1) is 12.3 Å². The summed E-state index contributed by atoms with van der Waals surface area (Å²) in [6, 6.07) is 3.90. The Morgan fingerprint density at radius 3 is 2.93 bits per heavy atom. The molecule has 0 aromatic heterocycles. The molecule has 1 heterocycles. The molecule has 0 N–H and O–H groups in total. The largest absolute Gasteiger partial charge is 0.486 e. The van der Waals surface area contributed by atoms with Crippen molar-refractivity contribution in [3.05, 3.63) is 22.2 Å². The Hall–Kier alpha value is -1.14. The summed E-state index contributed by atoms with van der Waals surface area (Å²) in [5, 5.41) is 0. The Morgan fingerprint density at radius 1 is 1.36 bits per heavy atom. The average Bonchev–Trinajstić information content (AvgIpc) is 2.18. The van der Waals surface area contributed by atoms with Gasteiger partial charge in [0.2, 0.25) is 0 Å². The predicted molar refractivity (Wildman–Crippen MR) is 57.7 cm³/mol. The van der Waals surface area contributed by atoms with Crippen LogP contribution in [0.25, 0.3) is 0 Å². The Labute approximate surface area is 91.3 Å². The number of hydrogen-bond acceptors (Lipinski definition) is 2. The summed E-state index contributed by atoms with van der Waals surface area (Å²) in [4.78, 5) is 0. The Bertz CT molecular complexity index is 393. The van der Waals surface area contributed by atoms with Crippen LogP contribution >= 0.6 is 15.9 Å². The van der Waals surface area contributed by atoms with Gasteiger partial charge in [-0.3, -0.25) is 0 Å². The van der Waals surface area contributed by atoms with Gasteiger partial charge in [-0.1, -0.05) is 0 Å². The fourth-order valence-electron chi connectivity index (χ4n) is 1.38. The summed E-state index contributed by atoms with van der Waals surface area (Å²) in [5.74, 6) is 4.15. The van der Waals surface area contributed by atoms with Crippen molar-refractivity contribution in [3.63, 3.8) is 0 Å². The first-order chi connectivity index (χ1) is 6.81. The van der Waals surface area contributed by atoms with Gasteiger partial charge in [0.1, 0.15) is 13.2 Å². The third kappa shape index (κ3) is 1.71. The Morgan fingerprint density at radius 2 is 2.14 bits per heavy atom. The molecule has 2 rings (SSSR count). The number of rotatable bonds is 1. The van der Waals surface area contributed by atoms with E-state index in [0.29, 0.717) is 19.6 Å². The molecule has 1 aliphatic rings. The van der Waals surface area contributed by atoms with Gasteiger partial charge in [0.05, 0.1) is 4.47 Å². The molecule has 0 fully saturated rings. The number of hydrogen-bond donors (Lipinski definition) is 0. The third-order valence-corrected chi connectivity index (χ3v) is 2.55. The van der Waals surface area contributed by atoms with Crippen molar-refractivity contribution in [2.75, 3.05) is 13.2 Å². The summed E-state index contributed by atoms with van der Waals surface area (Å²) in [5.41, 5.74) is 1.06. The van der Waals surface area contributed by atoms with Crippen LogP contribution in [0.4, 0.5) is 0 Å². The smallest absolute Gasteiger partial charge is 0.175 e. The van der Waals surface area contributed by atoms with Gasteiger partial charge in [-0.2, -0.15) is 0 Å². The Kier molecular flexibility index (Phi) is 2.64. The molecular formula is C11H9BrO2. The summed E-state index contributed by atoms with van der Waals surface area (Å²) in [6.45, 7) is 1.19. The molecule has 0 amide bonds. The van der Waals surface area contributed by atoms with Gasteiger partial charge in [-0.25, -0.2) is 0 Å². The lowest BCUT2D eigenvalue weighted by Gasteiger charge is -2.20. The first kappa shape index (κ1) is 9.42. The highest BCUT2D eigenvalue weighted by atomic mass is 79.9. The van der Waals surface area contributed by atoms with Crippen LogP contribution in [0.5, 0.6) is 11.5 Å². The molecule has 14 heavy (non-hydrogen) atoms. The van der Waals surface area contributed by atoms with Gasteiger partial charge in [-0.05, 0) is 33.6 Å². The van der Waals surface area contributed by atoms with Crippen molar-refractivity contribution >= 4 is 15.9 Å². The minimum Gasteiger partial charge on any atom is -0.486 e. The zero-order chi connectivity index (χ0) is 9.97. The minimum atomic E-state index is 0.596. The molecule has 0 atom stereocenters. The van der Waals surface area contributed by atoms with Crippen molar-refractivity contribution in [2.24, 2.45) is 0 Å². The molecule has 0 bridgehead atoms. The molecule has 72 valence electrons. The summed E-state index contributed by atoms with van der Waals surface area (Å²) < 4.78 is 11.8. The van der Waals surface area contributed by atoms with Crippen LogP contribution in [0.2, 0.25) is 0 Å². The first-order valence-corrected chi connectivity index (χ1v) is 5.12. The van der Waals surface area contributed by atoms with E-state index in [9.17, 15) is 0 Å². The minimum absolute atomic E-state index is 0.596. The highest BCUT2D eigenvalue weighted by molar-refractivity contribution is 9.10. The Balaban J connectivity index is 2.42. The lowest BCUT2D eigenvalue weighted by Crippen LogP contribution is -2.15. The van der Waals surface area contributed by atoms with Crippen molar-refractivity contribution in [3.8, 4) is 23.8 Å². The van der Waals surface area contributed by atoms with E-state index in [-0.39, 0.29) is 0 Å². The number of halogens is 1. The summed E-state index contributed by atoms with van der Waals surface area (Å²) in [6.07, 6.45) is 5.86. The quantitative estimate of drug-likeness (QED) is 0.715. The standard InChI is InChI=1S/C11H9BrO2/c1-2-3-8-6-9(12)11-10(7-8)13-4-5-14-11/h1,6-7H,3-5H2. The molecule has 1 aromatic carbocycles. The normalized spacial score (nSPS) is 13.4. The SMILES string of the molecule is C#CCc1cc(Br)c2c(c1)OCCO2. The van der Waals surface area contributed by atoms with Crippen molar-refractivity contribution in [1.29, 1.82) is 0 Å². The van der Waals surface area contributed by atoms with E-state index in [2.05, 4.69) is 21.9 Å². The predicted octanol–water partition coefficient (Wildman–Crippen LogP) is 2.40. The highest BCUT2D eigenvalue weighted by Crippen LogP contribution is 2.38. The number of benzene rings is 1. The third-order valence-electron chi connectivity index (χ3n) is 1.96. The van der Waals surface area contributed by atoms with Gasteiger partial charge < -0.3 is 9.47 Å². The molecule has 0 aliphatic carbocycles. The van der Waals surface area contributed by atoms with Crippen LogP contribution in [-0.2, 0) is 6.42 Å². The van der Waals surface area contributed by atoms with E-state index < -0.39 is 0 Å². The molecule has 0 saturated carbocycles. The molecule has 0 radical (unpaired) electrons. The molecule has 0 saturated heterocycles. The van der Waals surface area contributed by atoms with Crippen LogP contribution < -0.4 is 9.47 Å². The molecule has 0 unspecified atom stereocenters. The van der Waals surface area contributed by atoms with Gasteiger partial charge in [0.15, 0.2) is 11.5 Å². The number of ether oxygens (including phenoxy) is 2. The van der Waals surface area contributed by atoms with Gasteiger partial charge in [0.25, 0.3) is 0 Å². The molecule has 1 aromatic rings. The summed E-state index contributed by atoms with van der Waals surface area (Å²) in [7, 11) is 0. The van der Waals surface area contributed by atoms with E-state index >= 15 is 0 Å². The second kappa shape index (κ2) is 3.93. The van der Waals surface area contributed by atoms with Crippen LogP contribution in [0.15, 0.2) is 16.6 Å². The number of fused-ring (bicyclic) bond motifs is 1. The monoisotopic (exact) mass is 252 g/mol. The van der Waals surface area contributed by atoms with Crippen molar-refractivity contribution in [1.82, 2.24) is 0 Å². The van der Waals surface area contributed by atoms with Crippen LogP contribution in [-0.4, -0.2) is 13.2 Å². The van der Waals surface area contributed by atoms with Crippen molar-refractivity contribution < 1.29 is 9.47 Å². The topological polar surface area (TPSA) is 18.5 Å². The van der Waals surface area contributed by atoms with Crippen LogP contribution in [0.3, 0.4) is 0 Å². The molecule has 1 aliphatic heterocycles.